The molecule has 1 aliphatic rings. The summed E-state index contributed by atoms with van der Waals surface area (Å²) in [6.07, 6.45) is 1.82. The fourth-order valence-corrected chi connectivity index (χ4v) is 2.34. The van der Waals surface area contributed by atoms with Crippen molar-refractivity contribution in [3.05, 3.63) is 23.8 Å². The van der Waals surface area contributed by atoms with Gasteiger partial charge in [0.15, 0.2) is 17.3 Å². The third-order valence-corrected chi connectivity index (χ3v) is 3.36. The molecule has 0 aromatic heterocycles. The smallest absolute Gasteiger partial charge is 0.231 e. The van der Waals surface area contributed by atoms with Gasteiger partial charge < -0.3 is 9.47 Å². The molecule has 86 valence electrons. The van der Waals surface area contributed by atoms with Gasteiger partial charge in [-0.15, -0.1) is 0 Å². The monoisotopic (exact) mass is 284 g/mol. The minimum atomic E-state index is -0.113. The molecule has 1 aromatic rings. The normalized spacial score (nSPS) is 14.9. The van der Waals surface area contributed by atoms with Crippen LogP contribution in [0.15, 0.2) is 18.2 Å². The van der Waals surface area contributed by atoms with E-state index < -0.39 is 0 Å². The van der Waals surface area contributed by atoms with Crippen LogP contribution >= 0.6 is 15.9 Å². The van der Waals surface area contributed by atoms with Crippen LogP contribution in [0, 0.1) is 0 Å². The molecule has 0 radical (unpaired) electrons. The van der Waals surface area contributed by atoms with Gasteiger partial charge in [0.05, 0.1) is 4.83 Å². The number of ether oxygens (including phenoxy) is 2. The number of carbonyl (C=O) groups excluding carboxylic acids is 1. The molecule has 1 atom stereocenters. The molecule has 3 nitrogen and oxygen atoms in total. The van der Waals surface area contributed by atoms with Crippen molar-refractivity contribution in [3.63, 3.8) is 0 Å². The van der Waals surface area contributed by atoms with Gasteiger partial charge in [-0.25, -0.2) is 0 Å². The Kier molecular flexibility index (Phi) is 3.49. The predicted octanol–water partition coefficient (Wildman–Crippen LogP) is 3.16. The maximum atomic E-state index is 12.0. The Morgan fingerprint density at radius 1 is 1.44 bits per heavy atom. The minimum absolute atomic E-state index is 0.0974. The first kappa shape index (κ1) is 11.5. The fourth-order valence-electron chi connectivity index (χ4n) is 1.62. The van der Waals surface area contributed by atoms with Crippen LogP contribution in [-0.2, 0) is 0 Å². The summed E-state index contributed by atoms with van der Waals surface area (Å²) in [6.45, 7) is 2.29. The molecular formula is C12H13BrO3. The zero-order valence-electron chi connectivity index (χ0n) is 9.03. The van der Waals surface area contributed by atoms with Gasteiger partial charge in [-0.3, -0.25) is 4.79 Å². The van der Waals surface area contributed by atoms with Crippen molar-refractivity contribution in [2.75, 3.05) is 6.79 Å². The van der Waals surface area contributed by atoms with Crippen molar-refractivity contribution in [1.82, 2.24) is 0 Å². The number of Topliss-reactive ketones (excluding diaryl/α,β-unsaturated/α-hetero) is 1. The predicted molar refractivity (Wildman–Crippen MR) is 64.5 cm³/mol. The number of halogens is 1. The van der Waals surface area contributed by atoms with Gasteiger partial charge in [0.2, 0.25) is 6.79 Å². The van der Waals surface area contributed by atoms with Crippen LogP contribution in [0.25, 0.3) is 0 Å². The minimum Gasteiger partial charge on any atom is -0.454 e. The molecule has 0 aliphatic carbocycles. The highest BCUT2D eigenvalue weighted by molar-refractivity contribution is 9.10. The Morgan fingerprint density at radius 3 is 2.94 bits per heavy atom. The Bertz CT molecular complexity index is 403. The van der Waals surface area contributed by atoms with Crippen LogP contribution in [-0.4, -0.2) is 17.4 Å². The zero-order chi connectivity index (χ0) is 11.5. The van der Waals surface area contributed by atoms with Crippen molar-refractivity contribution in [1.29, 1.82) is 0 Å². The van der Waals surface area contributed by atoms with Crippen molar-refractivity contribution in [2.24, 2.45) is 0 Å². The lowest BCUT2D eigenvalue weighted by atomic mass is 10.1. The number of carbonyl (C=O) groups is 1. The molecule has 1 aliphatic heterocycles. The Morgan fingerprint density at radius 2 is 2.19 bits per heavy atom. The Hall–Kier alpha value is -1.03. The molecule has 0 bridgehead atoms. The number of ketones is 1. The maximum Gasteiger partial charge on any atom is 0.231 e. The van der Waals surface area contributed by atoms with Gasteiger partial charge in [0.25, 0.3) is 0 Å². The first-order valence-corrected chi connectivity index (χ1v) is 6.22. The number of fused-ring (bicyclic) bond motifs is 1. The summed E-state index contributed by atoms with van der Waals surface area (Å²) in [5.74, 6) is 1.46. The van der Waals surface area contributed by atoms with Crippen molar-refractivity contribution in [2.45, 2.75) is 24.6 Å². The molecule has 1 heterocycles. The van der Waals surface area contributed by atoms with Crippen LogP contribution in [0.5, 0.6) is 11.5 Å². The summed E-state index contributed by atoms with van der Waals surface area (Å²) < 4.78 is 10.4. The molecule has 1 unspecified atom stereocenters. The summed E-state index contributed by atoms with van der Waals surface area (Å²) in [4.78, 5) is 11.9. The molecule has 0 amide bonds. The van der Waals surface area contributed by atoms with Gasteiger partial charge in [0.1, 0.15) is 0 Å². The van der Waals surface area contributed by atoms with Crippen LogP contribution < -0.4 is 9.47 Å². The standard InChI is InChI=1S/C12H13BrO3/c1-2-3-9(13)12(14)8-4-5-10-11(6-8)16-7-15-10/h4-6,9H,2-3,7H2,1H3. The van der Waals surface area contributed by atoms with E-state index in [4.69, 9.17) is 9.47 Å². The molecule has 0 N–H and O–H groups in total. The van der Waals surface area contributed by atoms with Crippen molar-refractivity contribution >= 4 is 21.7 Å². The van der Waals surface area contributed by atoms with E-state index in [9.17, 15) is 4.79 Å². The first-order valence-electron chi connectivity index (χ1n) is 5.30. The number of rotatable bonds is 4. The van der Waals surface area contributed by atoms with E-state index in [1.807, 2.05) is 0 Å². The average Bonchev–Trinajstić information content (AvgIpc) is 2.75. The average molecular weight is 285 g/mol. The van der Waals surface area contributed by atoms with E-state index in [0.717, 1.165) is 12.8 Å². The van der Waals surface area contributed by atoms with E-state index in [1.165, 1.54) is 0 Å². The second kappa shape index (κ2) is 4.87. The van der Waals surface area contributed by atoms with Crippen LogP contribution in [0.1, 0.15) is 30.1 Å². The lowest BCUT2D eigenvalue weighted by Crippen LogP contribution is -2.13. The van der Waals surface area contributed by atoms with Gasteiger partial charge in [-0.2, -0.15) is 0 Å². The van der Waals surface area contributed by atoms with E-state index in [2.05, 4.69) is 22.9 Å². The second-order valence-electron chi connectivity index (χ2n) is 3.69. The molecule has 4 heteroatoms. The fraction of sp³-hybridized carbons (Fsp3) is 0.417. The number of alkyl halides is 1. The van der Waals surface area contributed by atoms with E-state index >= 15 is 0 Å². The molecule has 2 rings (SSSR count). The van der Waals surface area contributed by atoms with Crippen LogP contribution in [0.4, 0.5) is 0 Å². The maximum absolute atomic E-state index is 12.0. The zero-order valence-corrected chi connectivity index (χ0v) is 10.6. The molecular weight excluding hydrogens is 272 g/mol. The molecule has 0 saturated carbocycles. The van der Waals surface area contributed by atoms with Crippen molar-refractivity contribution in [3.8, 4) is 11.5 Å². The Labute approximate surface area is 103 Å². The lowest BCUT2D eigenvalue weighted by Gasteiger charge is -2.07. The lowest BCUT2D eigenvalue weighted by molar-refractivity contribution is 0.0988. The van der Waals surface area contributed by atoms with Gasteiger partial charge >= 0.3 is 0 Å². The van der Waals surface area contributed by atoms with E-state index in [1.54, 1.807) is 18.2 Å². The number of benzene rings is 1. The summed E-state index contributed by atoms with van der Waals surface area (Å²) in [6, 6.07) is 5.30. The highest BCUT2D eigenvalue weighted by atomic mass is 79.9. The molecule has 16 heavy (non-hydrogen) atoms. The van der Waals surface area contributed by atoms with Gasteiger partial charge in [0, 0.05) is 5.56 Å². The number of hydrogen-bond donors (Lipinski definition) is 0. The third kappa shape index (κ3) is 2.21. The third-order valence-electron chi connectivity index (χ3n) is 2.48. The summed E-state index contributed by atoms with van der Waals surface area (Å²) in [5.41, 5.74) is 0.666. The highest BCUT2D eigenvalue weighted by Gasteiger charge is 2.20. The largest absolute Gasteiger partial charge is 0.454 e. The molecule has 1 aromatic carbocycles. The summed E-state index contributed by atoms with van der Waals surface area (Å²) in [7, 11) is 0. The highest BCUT2D eigenvalue weighted by Crippen LogP contribution is 2.33. The van der Waals surface area contributed by atoms with Crippen LogP contribution in [0.2, 0.25) is 0 Å². The van der Waals surface area contributed by atoms with Crippen molar-refractivity contribution < 1.29 is 14.3 Å². The summed E-state index contributed by atoms with van der Waals surface area (Å²) in [5, 5.41) is 0. The Balaban J connectivity index is 2.18. The summed E-state index contributed by atoms with van der Waals surface area (Å²) >= 11 is 3.40. The second-order valence-corrected chi connectivity index (χ2v) is 4.79. The first-order chi connectivity index (χ1) is 7.72. The van der Waals surface area contributed by atoms with Crippen LogP contribution in [0.3, 0.4) is 0 Å². The number of hydrogen-bond acceptors (Lipinski definition) is 3. The van der Waals surface area contributed by atoms with E-state index in [-0.39, 0.29) is 17.4 Å². The van der Waals surface area contributed by atoms with E-state index in [0.29, 0.717) is 17.1 Å². The molecule has 0 fully saturated rings. The molecule has 0 spiro atoms. The SMILES string of the molecule is CCCC(Br)C(=O)c1ccc2c(c1)OCO2. The topological polar surface area (TPSA) is 35.5 Å². The van der Waals surface area contributed by atoms with Gasteiger partial charge in [-0.05, 0) is 24.6 Å². The molecule has 0 saturated heterocycles. The van der Waals surface area contributed by atoms with Gasteiger partial charge in [-0.1, -0.05) is 29.3 Å². The quantitative estimate of drug-likeness (QED) is 0.629.